The van der Waals surface area contributed by atoms with Crippen LogP contribution in [0.2, 0.25) is 0 Å². The lowest BCUT2D eigenvalue weighted by molar-refractivity contribution is 0.166. The molecule has 0 aliphatic carbocycles. The second-order valence-electron chi connectivity index (χ2n) is 6.66. The number of aliphatic hydroxyl groups is 1. The molecule has 1 heteroatoms. The number of aliphatic hydroxyl groups excluding tert-OH is 1. The molecule has 0 aliphatic heterocycles. The molecule has 0 radical (unpaired) electrons. The van der Waals surface area contributed by atoms with Crippen molar-refractivity contribution in [3.05, 3.63) is 34.4 Å². The van der Waals surface area contributed by atoms with E-state index in [1.807, 2.05) is 6.92 Å². The normalized spacial score (nSPS) is 12.8. The van der Waals surface area contributed by atoms with Gasteiger partial charge in [-0.2, -0.15) is 0 Å². The highest BCUT2D eigenvalue weighted by atomic mass is 16.3. The summed E-state index contributed by atoms with van der Waals surface area (Å²) in [6, 6.07) is 4.53. The number of aryl methyl sites for hydroxylation is 2. The average Bonchev–Trinajstić information content (AvgIpc) is 2.32. The van der Waals surface area contributed by atoms with Crippen LogP contribution in [0.25, 0.3) is 0 Å². The van der Waals surface area contributed by atoms with E-state index in [2.05, 4.69) is 58.6 Å². The Morgan fingerprint density at radius 2 is 1.70 bits per heavy atom. The van der Waals surface area contributed by atoms with Crippen LogP contribution in [0.15, 0.2) is 12.1 Å². The highest BCUT2D eigenvalue weighted by Crippen LogP contribution is 2.27. The SMILES string of the molecule is CC#CCCC(O)Cc1c(C)cc(C(C)(C)C)cc1C. The first-order chi connectivity index (χ1) is 9.25. The third-order valence-electron chi connectivity index (χ3n) is 3.78. The average molecular weight is 272 g/mol. The van der Waals surface area contributed by atoms with Crippen LogP contribution in [-0.4, -0.2) is 11.2 Å². The molecule has 0 amide bonds. The maximum absolute atomic E-state index is 10.1. The summed E-state index contributed by atoms with van der Waals surface area (Å²) in [5, 5.41) is 10.1. The van der Waals surface area contributed by atoms with E-state index in [9.17, 15) is 5.11 Å². The topological polar surface area (TPSA) is 20.2 Å². The van der Waals surface area contributed by atoms with E-state index < -0.39 is 0 Å². The first-order valence-corrected chi connectivity index (χ1v) is 7.44. The molecule has 1 aromatic rings. The Morgan fingerprint density at radius 3 is 2.15 bits per heavy atom. The third-order valence-corrected chi connectivity index (χ3v) is 3.78. The van der Waals surface area contributed by atoms with E-state index in [-0.39, 0.29) is 11.5 Å². The number of rotatable bonds is 4. The van der Waals surface area contributed by atoms with Crippen LogP contribution in [0.3, 0.4) is 0 Å². The molecular formula is C19H28O. The molecule has 1 aromatic carbocycles. The number of benzene rings is 1. The van der Waals surface area contributed by atoms with E-state index in [4.69, 9.17) is 0 Å². The second-order valence-corrected chi connectivity index (χ2v) is 6.66. The molecule has 20 heavy (non-hydrogen) atoms. The van der Waals surface area contributed by atoms with Gasteiger partial charge in [0, 0.05) is 6.42 Å². The van der Waals surface area contributed by atoms with E-state index in [1.165, 1.54) is 22.3 Å². The zero-order chi connectivity index (χ0) is 15.3. The minimum atomic E-state index is -0.297. The van der Waals surface area contributed by atoms with Gasteiger partial charge < -0.3 is 5.11 Å². The predicted molar refractivity (Wildman–Crippen MR) is 87.0 cm³/mol. The Bertz CT molecular complexity index is 486. The van der Waals surface area contributed by atoms with Crippen molar-refractivity contribution in [3.63, 3.8) is 0 Å². The molecule has 0 heterocycles. The molecule has 1 nitrogen and oxygen atoms in total. The van der Waals surface area contributed by atoms with Gasteiger partial charge in [-0.05, 0) is 61.3 Å². The number of hydrogen-bond acceptors (Lipinski definition) is 1. The van der Waals surface area contributed by atoms with Crippen molar-refractivity contribution in [1.82, 2.24) is 0 Å². The lowest BCUT2D eigenvalue weighted by Gasteiger charge is -2.23. The van der Waals surface area contributed by atoms with Gasteiger partial charge in [-0.15, -0.1) is 11.8 Å². The van der Waals surface area contributed by atoms with Gasteiger partial charge in [0.15, 0.2) is 0 Å². The largest absolute Gasteiger partial charge is 0.393 e. The standard InChI is InChI=1S/C19H28O/c1-7-8-9-10-17(20)13-18-14(2)11-16(12-15(18)3)19(4,5)6/h11-12,17,20H,9-10,13H2,1-6H3. The molecule has 0 spiro atoms. The van der Waals surface area contributed by atoms with E-state index >= 15 is 0 Å². The van der Waals surface area contributed by atoms with Gasteiger partial charge in [0.1, 0.15) is 0 Å². The summed E-state index contributed by atoms with van der Waals surface area (Å²) in [5.41, 5.74) is 5.40. The van der Waals surface area contributed by atoms with Crippen LogP contribution in [0, 0.1) is 25.7 Å². The molecule has 0 aromatic heterocycles. The minimum absolute atomic E-state index is 0.170. The van der Waals surface area contributed by atoms with Gasteiger partial charge in [0.25, 0.3) is 0 Å². The summed E-state index contributed by atoms with van der Waals surface area (Å²) in [6.45, 7) is 12.8. The van der Waals surface area contributed by atoms with Crippen LogP contribution in [0.4, 0.5) is 0 Å². The van der Waals surface area contributed by atoms with E-state index in [1.54, 1.807) is 0 Å². The van der Waals surface area contributed by atoms with E-state index in [0.29, 0.717) is 0 Å². The summed E-state index contributed by atoms with van der Waals surface area (Å²) in [4.78, 5) is 0. The Balaban J connectivity index is 2.88. The van der Waals surface area contributed by atoms with Crippen LogP contribution in [0.1, 0.15) is 62.8 Å². The molecule has 1 unspecified atom stereocenters. The Kier molecular flexibility index (Phi) is 5.84. The van der Waals surface area contributed by atoms with Crippen molar-refractivity contribution < 1.29 is 5.11 Å². The van der Waals surface area contributed by atoms with E-state index in [0.717, 1.165) is 19.3 Å². The fraction of sp³-hybridized carbons (Fsp3) is 0.579. The van der Waals surface area contributed by atoms with Crippen LogP contribution >= 0.6 is 0 Å². The van der Waals surface area contributed by atoms with Crippen molar-refractivity contribution in [2.45, 2.75) is 72.3 Å². The lowest BCUT2D eigenvalue weighted by Crippen LogP contribution is -2.15. The summed E-state index contributed by atoms with van der Waals surface area (Å²) in [7, 11) is 0. The quantitative estimate of drug-likeness (QED) is 0.810. The lowest BCUT2D eigenvalue weighted by atomic mass is 9.83. The first-order valence-electron chi connectivity index (χ1n) is 7.44. The van der Waals surface area contributed by atoms with Gasteiger partial charge in [0.2, 0.25) is 0 Å². The van der Waals surface area contributed by atoms with Gasteiger partial charge in [-0.1, -0.05) is 32.9 Å². The van der Waals surface area contributed by atoms with Crippen molar-refractivity contribution in [2.75, 3.05) is 0 Å². The molecule has 0 fully saturated rings. The van der Waals surface area contributed by atoms with Gasteiger partial charge >= 0.3 is 0 Å². The van der Waals surface area contributed by atoms with Crippen molar-refractivity contribution in [3.8, 4) is 11.8 Å². The Hall–Kier alpha value is -1.26. The molecular weight excluding hydrogens is 244 g/mol. The molecule has 0 aliphatic rings. The van der Waals surface area contributed by atoms with Gasteiger partial charge in [-0.25, -0.2) is 0 Å². The molecule has 1 rings (SSSR count). The highest BCUT2D eigenvalue weighted by molar-refractivity contribution is 5.40. The van der Waals surface area contributed by atoms with Gasteiger partial charge in [0.05, 0.1) is 6.10 Å². The second kappa shape index (κ2) is 6.95. The highest BCUT2D eigenvalue weighted by Gasteiger charge is 2.17. The smallest absolute Gasteiger partial charge is 0.0589 e. The zero-order valence-electron chi connectivity index (χ0n) is 13.8. The fourth-order valence-electron chi connectivity index (χ4n) is 2.45. The summed E-state index contributed by atoms with van der Waals surface area (Å²) >= 11 is 0. The monoisotopic (exact) mass is 272 g/mol. The van der Waals surface area contributed by atoms with Gasteiger partial charge in [-0.3, -0.25) is 0 Å². The maximum atomic E-state index is 10.1. The Morgan fingerprint density at radius 1 is 1.15 bits per heavy atom. The third kappa shape index (κ3) is 4.69. The molecule has 0 bridgehead atoms. The van der Waals surface area contributed by atoms with Crippen molar-refractivity contribution in [2.24, 2.45) is 0 Å². The summed E-state index contributed by atoms with van der Waals surface area (Å²) in [6.07, 6.45) is 1.96. The number of hydrogen-bond donors (Lipinski definition) is 1. The predicted octanol–water partition coefficient (Wildman–Crippen LogP) is 4.31. The molecule has 0 saturated carbocycles. The van der Waals surface area contributed by atoms with Crippen LogP contribution in [0.5, 0.6) is 0 Å². The van der Waals surface area contributed by atoms with Crippen molar-refractivity contribution in [1.29, 1.82) is 0 Å². The van der Waals surface area contributed by atoms with Crippen LogP contribution < -0.4 is 0 Å². The fourth-order valence-corrected chi connectivity index (χ4v) is 2.45. The molecule has 110 valence electrons. The molecule has 0 saturated heterocycles. The molecule has 1 atom stereocenters. The van der Waals surface area contributed by atoms with Crippen LogP contribution in [-0.2, 0) is 11.8 Å². The maximum Gasteiger partial charge on any atom is 0.0589 e. The first kappa shape index (κ1) is 16.8. The summed E-state index contributed by atoms with van der Waals surface area (Å²) < 4.78 is 0. The Labute approximate surface area is 124 Å². The summed E-state index contributed by atoms with van der Waals surface area (Å²) in [5.74, 6) is 5.89. The van der Waals surface area contributed by atoms with Crippen molar-refractivity contribution >= 4 is 0 Å². The zero-order valence-corrected chi connectivity index (χ0v) is 13.8. The minimum Gasteiger partial charge on any atom is -0.393 e. The molecule has 1 N–H and O–H groups in total.